The zero-order valence-corrected chi connectivity index (χ0v) is 18.6. The molecule has 0 bridgehead atoms. The molecule has 2 amide bonds. The predicted octanol–water partition coefficient (Wildman–Crippen LogP) is 5.02. The normalized spacial score (nSPS) is 23.2. The summed E-state index contributed by atoms with van der Waals surface area (Å²) in [7, 11) is 0. The summed E-state index contributed by atoms with van der Waals surface area (Å²) in [4.78, 5) is 25.6. The van der Waals surface area contributed by atoms with Crippen LogP contribution in [0, 0.1) is 5.92 Å². The summed E-state index contributed by atoms with van der Waals surface area (Å²) >= 11 is 0. The van der Waals surface area contributed by atoms with Gasteiger partial charge in [0.25, 0.3) is 0 Å². The Balaban J connectivity index is 1.58. The average Bonchev–Trinajstić information content (AvgIpc) is 2.78. The fourth-order valence-corrected chi connectivity index (χ4v) is 4.48. The lowest BCUT2D eigenvalue weighted by molar-refractivity contribution is -0.146. The number of allylic oxidation sites excluding steroid dienone is 1. The van der Waals surface area contributed by atoms with Crippen molar-refractivity contribution in [2.45, 2.75) is 58.3 Å². The van der Waals surface area contributed by atoms with Crippen LogP contribution in [-0.2, 0) is 16.1 Å². The van der Waals surface area contributed by atoms with E-state index in [-0.39, 0.29) is 12.1 Å². The van der Waals surface area contributed by atoms with Crippen LogP contribution < -0.4 is 15.4 Å². The number of para-hydroxylation sites is 1. The first-order valence-corrected chi connectivity index (χ1v) is 11.3. The molecule has 0 unspecified atom stereocenters. The lowest BCUT2D eigenvalue weighted by atomic mass is 9.88. The Bertz CT molecular complexity index is 1000. The van der Waals surface area contributed by atoms with Gasteiger partial charge >= 0.3 is 12.0 Å². The summed E-state index contributed by atoms with van der Waals surface area (Å²) in [6.07, 6.45) is 3.89. The number of hydrogen-bond donors (Lipinski definition) is 2. The Morgan fingerprint density at radius 2 is 1.81 bits per heavy atom. The Labute approximate surface area is 189 Å². The second kappa shape index (κ2) is 9.90. The molecule has 0 spiro atoms. The van der Waals surface area contributed by atoms with Crippen LogP contribution in [0.15, 0.2) is 65.9 Å². The van der Waals surface area contributed by atoms with E-state index in [2.05, 4.69) is 17.6 Å². The maximum Gasteiger partial charge on any atom is 0.338 e. The molecule has 1 aliphatic heterocycles. The molecule has 168 valence electrons. The van der Waals surface area contributed by atoms with Crippen LogP contribution in [0.1, 0.15) is 56.7 Å². The van der Waals surface area contributed by atoms with Crippen molar-refractivity contribution in [1.29, 1.82) is 0 Å². The van der Waals surface area contributed by atoms with Gasteiger partial charge in [-0.3, -0.25) is 0 Å². The number of urea groups is 1. The molecule has 1 fully saturated rings. The second-order valence-corrected chi connectivity index (χ2v) is 8.68. The number of benzene rings is 2. The van der Waals surface area contributed by atoms with Crippen molar-refractivity contribution in [2.24, 2.45) is 5.92 Å². The van der Waals surface area contributed by atoms with Gasteiger partial charge < -0.3 is 20.1 Å². The van der Waals surface area contributed by atoms with Crippen LogP contribution in [0.5, 0.6) is 5.75 Å². The molecule has 4 rings (SSSR count). The molecular weight excluding hydrogens is 404 g/mol. The lowest BCUT2D eigenvalue weighted by Crippen LogP contribution is -2.45. The van der Waals surface area contributed by atoms with Crippen molar-refractivity contribution in [2.75, 3.05) is 0 Å². The monoisotopic (exact) mass is 434 g/mol. The van der Waals surface area contributed by atoms with Crippen molar-refractivity contribution in [3.05, 3.63) is 77.0 Å². The summed E-state index contributed by atoms with van der Waals surface area (Å²) in [6, 6.07) is 16.4. The molecule has 6 heteroatoms. The summed E-state index contributed by atoms with van der Waals surface area (Å²) in [5.41, 5.74) is 2.68. The van der Waals surface area contributed by atoms with Gasteiger partial charge in [-0.05, 0) is 43.7 Å². The Hall–Kier alpha value is -3.28. The highest BCUT2D eigenvalue weighted by Gasteiger charge is 2.35. The largest absolute Gasteiger partial charge is 0.489 e. The minimum absolute atomic E-state index is 0.0885. The minimum Gasteiger partial charge on any atom is -0.489 e. The van der Waals surface area contributed by atoms with E-state index < -0.39 is 12.0 Å². The molecule has 2 N–H and O–H groups in total. The molecule has 0 saturated heterocycles. The van der Waals surface area contributed by atoms with Crippen LogP contribution in [0.4, 0.5) is 4.79 Å². The number of nitrogens with one attached hydrogen (secondary N) is 2. The standard InChI is InChI=1S/C26H30N2O4/c1-17-9-8-12-20(15-17)32-25(29)23-18(2)27-26(30)28-24(23)21-13-6-7-14-22(21)31-16-19-10-4-3-5-11-19/h3-7,10-11,13-14,17,20,24H,8-9,12,15-16H2,1-2H3,(H2,27,28,30)/t17-,20+,24-/m0/s1. The smallest absolute Gasteiger partial charge is 0.338 e. The van der Waals surface area contributed by atoms with Gasteiger partial charge in [0.15, 0.2) is 0 Å². The molecular formula is C26H30N2O4. The molecule has 32 heavy (non-hydrogen) atoms. The number of hydrogen-bond acceptors (Lipinski definition) is 4. The minimum atomic E-state index is -0.649. The topological polar surface area (TPSA) is 76.7 Å². The highest BCUT2D eigenvalue weighted by atomic mass is 16.5. The number of esters is 1. The molecule has 2 aliphatic rings. The third-order valence-corrected chi connectivity index (χ3v) is 6.12. The number of carbonyl (C=O) groups is 2. The van der Waals surface area contributed by atoms with E-state index in [9.17, 15) is 9.59 Å². The van der Waals surface area contributed by atoms with Gasteiger partial charge in [0.1, 0.15) is 18.5 Å². The van der Waals surface area contributed by atoms with E-state index in [0.29, 0.717) is 29.5 Å². The van der Waals surface area contributed by atoms with Gasteiger partial charge in [-0.1, -0.05) is 61.9 Å². The van der Waals surface area contributed by atoms with E-state index >= 15 is 0 Å². The maximum atomic E-state index is 13.3. The Morgan fingerprint density at radius 1 is 1.06 bits per heavy atom. The van der Waals surface area contributed by atoms with Crippen molar-refractivity contribution < 1.29 is 19.1 Å². The Morgan fingerprint density at radius 3 is 2.59 bits per heavy atom. The summed E-state index contributed by atoms with van der Waals surface area (Å²) in [5.74, 6) is 0.772. The number of amides is 2. The quantitative estimate of drug-likeness (QED) is 0.626. The Kier molecular flexibility index (Phi) is 6.78. The van der Waals surface area contributed by atoms with Gasteiger partial charge in [-0.15, -0.1) is 0 Å². The van der Waals surface area contributed by atoms with E-state index in [4.69, 9.17) is 9.47 Å². The number of rotatable bonds is 6. The van der Waals surface area contributed by atoms with Crippen molar-refractivity contribution in [1.82, 2.24) is 10.6 Å². The summed E-state index contributed by atoms with van der Waals surface area (Å²) in [5, 5.41) is 5.61. The van der Waals surface area contributed by atoms with Crippen LogP contribution in [0.2, 0.25) is 0 Å². The van der Waals surface area contributed by atoms with E-state index in [1.165, 1.54) is 6.42 Å². The van der Waals surface area contributed by atoms with Gasteiger partial charge in [0.05, 0.1) is 11.6 Å². The molecule has 2 aromatic rings. The van der Waals surface area contributed by atoms with Crippen LogP contribution >= 0.6 is 0 Å². The predicted molar refractivity (Wildman–Crippen MR) is 122 cm³/mol. The number of ether oxygens (including phenoxy) is 2. The first-order valence-electron chi connectivity index (χ1n) is 11.3. The first-order chi connectivity index (χ1) is 15.5. The summed E-state index contributed by atoms with van der Waals surface area (Å²) < 4.78 is 12.0. The molecule has 2 aromatic carbocycles. The molecule has 3 atom stereocenters. The molecule has 6 nitrogen and oxygen atoms in total. The third-order valence-electron chi connectivity index (χ3n) is 6.12. The highest BCUT2D eigenvalue weighted by Crippen LogP contribution is 2.35. The highest BCUT2D eigenvalue weighted by molar-refractivity contribution is 5.95. The SMILES string of the molecule is CC1=C(C(=O)O[C@@H]2CCC[C@H](C)C2)[C@H](c2ccccc2OCc2ccccc2)NC(=O)N1. The van der Waals surface area contributed by atoms with Crippen molar-refractivity contribution in [3.8, 4) is 5.75 Å². The average molecular weight is 435 g/mol. The first kappa shape index (κ1) is 21.9. The van der Waals surface area contributed by atoms with Gasteiger partial charge in [0, 0.05) is 11.3 Å². The summed E-state index contributed by atoms with van der Waals surface area (Å²) in [6.45, 7) is 4.31. The molecule has 0 aromatic heterocycles. The van der Waals surface area contributed by atoms with E-state index in [1.807, 2.05) is 54.6 Å². The van der Waals surface area contributed by atoms with E-state index in [0.717, 1.165) is 30.4 Å². The van der Waals surface area contributed by atoms with Crippen LogP contribution in [-0.4, -0.2) is 18.1 Å². The molecule has 0 radical (unpaired) electrons. The zero-order chi connectivity index (χ0) is 22.5. The van der Waals surface area contributed by atoms with Gasteiger partial charge in [0.2, 0.25) is 0 Å². The van der Waals surface area contributed by atoms with Gasteiger partial charge in [-0.2, -0.15) is 0 Å². The van der Waals surface area contributed by atoms with E-state index in [1.54, 1.807) is 6.92 Å². The maximum absolute atomic E-state index is 13.3. The van der Waals surface area contributed by atoms with Gasteiger partial charge in [-0.25, -0.2) is 9.59 Å². The fourth-order valence-electron chi connectivity index (χ4n) is 4.48. The molecule has 1 heterocycles. The molecule has 1 aliphatic carbocycles. The third kappa shape index (κ3) is 5.13. The second-order valence-electron chi connectivity index (χ2n) is 8.68. The number of carbonyl (C=O) groups excluding carboxylic acids is 2. The van der Waals surface area contributed by atoms with Crippen LogP contribution in [0.3, 0.4) is 0 Å². The molecule has 1 saturated carbocycles. The van der Waals surface area contributed by atoms with Crippen molar-refractivity contribution >= 4 is 12.0 Å². The van der Waals surface area contributed by atoms with Crippen LogP contribution in [0.25, 0.3) is 0 Å². The lowest BCUT2D eigenvalue weighted by Gasteiger charge is -2.31. The zero-order valence-electron chi connectivity index (χ0n) is 18.6. The van der Waals surface area contributed by atoms with Crippen molar-refractivity contribution in [3.63, 3.8) is 0 Å². The fraction of sp³-hybridized carbons (Fsp3) is 0.385.